The number of thiazole rings is 1. The second-order valence-corrected chi connectivity index (χ2v) is 7.30. The van der Waals surface area contributed by atoms with Crippen molar-refractivity contribution in [2.24, 2.45) is 4.99 Å². The molecule has 0 amide bonds. The first-order valence-corrected chi connectivity index (χ1v) is 10.1. The van der Waals surface area contributed by atoms with E-state index in [1.807, 2.05) is 49.4 Å². The summed E-state index contributed by atoms with van der Waals surface area (Å²) in [6.07, 6.45) is 2.63. The number of ether oxygens (including phenoxy) is 1. The van der Waals surface area contributed by atoms with E-state index in [1.54, 1.807) is 24.6 Å². The van der Waals surface area contributed by atoms with Crippen molar-refractivity contribution in [2.45, 2.75) is 26.5 Å². The zero-order chi connectivity index (χ0) is 19.6. The predicted octanol–water partition coefficient (Wildman–Crippen LogP) is 3.33. The number of nitrogens with zero attached hydrogens (tertiary/aromatic N) is 3. The maximum absolute atomic E-state index is 5.79. The van der Waals surface area contributed by atoms with E-state index in [0.717, 1.165) is 40.8 Å². The van der Waals surface area contributed by atoms with Gasteiger partial charge in [-0.05, 0) is 24.1 Å². The summed E-state index contributed by atoms with van der Waals surface area (Å²) in [5.74, 6) is 1.38. The molecule has 0 aliphatic carbocycles. The lowest BCUT2D eigenvalue weighted by molar-refractivity contribution is 0.293. The van der Waals surface area contributed by atoms with E-state index < -0.39 is 0 Å². The summed E-state index contributed by atoms with van der Waals surface area (Å²) in [5, 5.41) is 9.83. The highest BCUT2D eigenvalue weighted by atomic mass is 32.1. The molecule has 3 aromatic rings. The van der Waals surface area contributed by atoms with Gasteiger partial charge in [-0.2, -0.15) is 0 Å². The van der Waals surface area contributed by atoms with E-state index in [1.165, 1.54) is 0 Å². The molecule has 0 unspecified atom stereocenters. The number of guanidine groups is 1. The highest BCUT2D eigenvalue weighted by molar-refractivity contribution is 7.09. The van der Waals surface area contributed by atoms with Gasteiger partial charge in [0.1, 0.15) is 6.61 Å². The maximum atomic E-state index is 5.79. The Labute approximate surface area is 169 Å². The quantitative estimate of drug-likeness (QED) is 0.452. The molecule has 2 heterocycles. The lowest BCUT2D eigenvalue weighted by Crippen LogP contribution is -2.37. The van der Waals surface area contributed by atoms with Gasteiger partial charge in [0.2, 0.25) is 5.88 Å². The first kappa shape index (κ1) is 19.8. The van der Waals surface area contributed by atoms with Crippen LogP contribution in [-0.4, -0.2) is 29.5 Å². The Morgan fingerprint density at radius 1 is 1.14 bits per heavy atom. The van der Waals surface area contributed by atoms with E-state index in [9.17, 15) is 0 Å². The number of hydrogen-bond acceptors (Lipinski definition) is 5. The maximum Gasteiger partial charge on any atom is 0.213 e. The van der Waals surface area contributed by atoms with Crippen LogP contribution < -0.4 is 15.4 Å². The van der Waals surface area contributed by atoms with Crippen molar-refractivity contribution in [1.29, 1.82) is 0 Å². The van der Waals surface area contributed by atoms with Crippen LogP contribution >= 0.6 is 11.3 Å². The van der Waals surface area contributed by atoms with E-state index in [0.29, 0.717) is 19.0 Å². The van der Waals surface area contributed by atoms with Crippen LogP contribution in [0.5, 0.6) is 5.88 Å². The summed E-state index contributed by atoms with van der Waals surface area (Å²) in [5.41, 5.74) is 3.31. The lowest BCUT2D eigenvalue weighted by atomic mass is 10.2. The standard InChI is InChI=1S/C21H25N5OS/c1-16-26-19(15-28-16)9-11-24-21(22-2)25-13-18-8-10-23-20(12-18)27-14-17-6-4-3-5-7-17/h3-8,10,12,15H,9,11,13-14H2,1-2H3,(H2,22,24,25). The fourth-order valence-corrected chi connectivity index (χ4v) is 3.26. The summed E-state index contributed by atoms with van der Waals surface area (Å²) < 4.78 is 5.79. The van der Waals surface area contributed by atoms with Crippen molar-refractivity contribution in [3.05, 3.63) is 75.9 Å². The topological polar surface area (TPSA) is 71.4 Å². The van der Waals surface area contributed by atoms with Crippen molar-refractivity contribution in [1.82, 2.24) is 20.6 Å². The summed E-state index contributed by atoms with van der Waals surface area (Å²) in [6.45, 7) is 3.95. The molecule has 2 aromatic heterocycles. The third kappa shape index (κ3) is 6.35. The van der Waals surface area contributed by atoms with Gasteiger partial charge in [-0.15, -0.1) is 11.3 Å². The second-order valence-electron chi connectivity index (χ2n) is 6.24. The minimum atomic E-state index is 0.504. The van der Waals surface area contributed by atoms with Crippen LogP contribution in [0, 0.1) is 6.92 Å². The molecule has 0 bridgehead atoms. The molecule has 146 valence electrons. The molecule has 3 rings (SSSR count). The average molecular weight is 396 g/mol. The third-order valence-electron chi connectivity index (χ3n) is 4.05. The Hall–Kier alpha value is -2.93. The van der Waals surface area contributed by atoms with Gasteiger partial charge in [-0.25, -0.2) is 9.97 Å². The molecule has 7 heteroatoms. The molecule has 0 saturated carbocycles. The molecule has 0 aliphatic heterocycles. The number of benzene rings is 1. The van der Waals surface area contributed by atoms with Gasteiger partial charge in [0.05, 0.1) is 10.7 Å². The van der Waals surface area contributed by atoms with Gasteiger partial charge in [-0.3, -0.25) is 4.99 Å². The number of rotatable bonds is 8. The summed E-state index contributed by atoms with van der Waals surface area (Å²) in [7, 11) is 1.77. The van der Waals surface area contributed by atoms with Crippen LogP contribution in [0.15, 0.2) is 59.0 Å². The molecule has 28 heavy (non-hydrogen) atoms. The van der Waals surface area contributed by atoms with Crippen molar-refractivity contribution in [2.75, 3.05) is 13.6 Å². The molecule has 2 N–H and O–H groups in total. The van der Waals surface area contributed by atoms with Crippen LogP contribution in [-0.2, 0) is 19.6 Å². The molecular weight excluding hydrogens is 370 g/mol. The van der Waals surface area contributed by atoms with E-state index in [2.05, 4.69) is 31.0 Å². The SMILES string of the molecule is CN=C(NCCc1csc(C)n1)NCc1ccnc(OCc2ccccc2)c1. The smallest absolute Gasteiger partial charge is 0.213 e. The number of pyridine rings is 1. The highest BCUT2D eigenvalue weighted by Gasteiger charge is 2.03. The van der Waals surface area contributed by atoms with Gasteiger partial charge >= 0.3 is 0 Å². The van der Waals surface area contributed by atoms with Gasteiger partial charge in [0.25, 0.3) is 0 Å². The number of nitrogens with one attached hydrogen (secondary N) is 2. The average Bonchev–Trinajstić information content (AvgIpc) is 3.15. The monoisotopic (exact) mass is 395 g/mol. The first-order chi connectivity index (χ1) is 13.7. The summed E-state index contributed by atoms with van der Waals surface area (Å²) >= 11 is 1.68. The zero-order valence-corrected chi connectivity index (χ0v) is 17.0. The number of aromatic nitrogens is 2. The van der Waals surface area contributed by atoms with Crippen LogP contribution in [0.3, 0.4) is 0 Å². The van der Waals surface area contributed by atoms with Crippen molar-refractivity contribution < 1.29 is 4.74 Å². The first-order valence-electron chi connectivity index (χ1n) is 9.20. The van der Waals surface area contributed by atoms with Crippen LogP contribution in [0.2, 0.25) is 0 Å². The molecule has 0 atom stereocenters. The molecule has 0 saturated heterocycles. The Morgan fingerprint density at radius 3 is 2.75 bits per heavy atom. The van der Waals surface area contributed by atoms with E-state index >= 15 is 0 Å². The van der Waals surface area contributed by atoms with E-state index in [-0.39, 0.29) is 0 Å². The predicted molar refractivity (Wildman–Crippen MR) is 114 cm³/mol. The van der Waals surface area contributed by atoms with Gasteiger partial charge in [0.15, 0.2) is 5.96 Å². The van der Waals surface area contributed by atoms with Gasteiger partial charge in [-0.1, -0.05) is 30.3 Å². The third-order valence-corrected chi connectivity index (χ3v) is 4.87. The largest absolute Gasteiger partial charge is 0.473 e. The fourth-order valence-electron chi connectivity index (χ4n) is 2.61. The minimum absolute atomic E-state index is 0.504. The van der Waals surface area contributed by atoms with Crippen molar-refractivity contribution in [3.63, 3.8) is 0 Å². The Bertz CT molecular complexity index is 895. The van der Waals surface area contributed by atoms with Crippen LogP contribution in [0.25, 0.3) is 0 Å². The normalized spacial score (nSPS) is 11.3. The van der Waals surface area contributed by atoms with Crippen LogP contribution in [0.4, 0.5) is 0 Å². The minimum Gasteiger partial charge on any atom is -0.473 e. The molecule has 0 spiro atoms. The van der Waals surface area contributed by atoms with Gasteiger partial charge in [0, 0.05) is 44.2 Å². The highest BCUT2D eigenvalue weighted by Crippen LogP contribution is 2.12. The zero-order valence-electron chi connectivity index (χ0n) is 16.2. The Balaban J connectivity index is 1.44. The van der Waals surface area contributed by atoms with Crippen molar-refractivity contribution in [3.8, 4) is 5.88 Å². The summed E-state index contributed by atoms with van der Waals surface area (Å²) in [4.78, 5) is 13.0. The molecular formula is C21H25N5OS. The van der Waals surface area contributed by atoms with Crippen molar-refractivity contribution >= 4 is 17.3 Å². The second kappa shape index (κ2) is 10.4. The number of aryl methyl sites for hydroxylation is 1. The number of aliphatic imine (C=N–C) groups is 1. The number of hydrogen-bond donors (Lipinski definition) is 2. The van der Waals surface area contributed by atoms with Crippen LogP contribution in [0.1, 0.15) is 21.8 Å². The molecule has 0 aliphatic rings. The van der Waals surface area contributed by atoms with Gasteiger partial charge < -0.3 is 15.4 Å². The van der Waals surface area contributed by atoms with E-state index in [4.69, 9.17) is 4.74 Å². The molecule has 0 radical (unpaired) electrons. The molecule has 0 fully saturated rings. The fraction of sp³-hybridized carbons (Fsp3) is 0.286. The lowest BCUT2D eigenvalue weighted by Gasteiger charge is -2.12. The summed E-state index contributed by atoms with van der Waals surface area (Å²) in [6, 6.07) is 14.0. The molecule has 1 aromatic carbocycles. The Morgan fingerprint density at radius 2 is 2.00 bits per heavy atom. The molecule has 6 nitrogen and oxygen atoms in total. The Kier molecular flexibility index (Phi) is 7.37.